The fourth-order valence-corrected chi connectivity index (χ4v) is 2.95. The summed E-state index contributed by atoms with van der Waals surface area (Å²) < 4.78 is 12.8. The number of hydrogen-bond donors (Lipinski definition) is 1. The van der Waals surface area contributed by atoms with E-state index in [0.29, 0.717) is 35.4 Å². The van der Waals surface area contributed by atoms with Crippen LogP contribution in [0.2, 0.25) is 5.02 Å². The molecule has 0 fully saturated rings. The van der Waals surface area contributed by atoms with Gasteiger partial charge < -0.3 is 14.8 Å². The second kappa shape index (κ2) is 8.10. The standard InChI is InChI=1S/C19H16ClN5O3/c20-16-10-13(11-17-19(16)28-9-1-8-27-17)2-7-18(26)22-14-3-5-15(6-4-14)25-12-21-23-24-25/h2-7,10-12H,1,8-9H2,(H,22,26). The number of ether oxygens (including phenoxy) is 2. The molecule has 0 bridgehead atoms. The topological polar surface area (TPSA) is 91.2 Å². The third kappa shape index (κ3) is 4.12. The molecule has 2 aromatic carbocycles. The van der Waals surface area contributed by atoms with Gasteiger partial charge in [0, 0.05) is 18.2 Å². The maximum atomic E-state index is 12.2. The minimum absolute atomic E-state index is 0.265. The van der Waals surface area contributed by atoms with Crippen LogP contribution in [0.4, 0.5) is 5.69 Å². The molecule has 0 atom stereocenters. The monoisotopic (exact) mass is 397 g/mol. The van der Waals surface area contributed by atoms with Gasteiger partial charge in [-0.05, 0) is 58.5 Å². The number of carbonyl (C=O) groups is 1. The summed E-state index contributed by atoms with van der Waals surface area (Å²) >= 11 is 6.27. The van der Waals surface area contributed by atoms with E-state index in [4.69, 9.17) is 21.1 Å². The molecule has 8 nitrogen and oxygen atoms in total. The van der Waals surface area contributed by atoms with Crippen molar-refractivity contribution >= 4 is 29.3 Å². The van der Waals surface area contributed by atoms with Gasteiger partial charge in [-0.25, -0.2) is 4.68 Å². The van der Waals surface area contributed by atoms with Crippen molar-refractivity contribution in [3.05, 3.63) is 59.4 Å². The van der Waals surface area contributed by atoms with E-state index in [9.17, 15) is 4.79 Å². The van der Waals surface area contributed by atoms with Gasteiger partial charge in [0.25, 0.3) is 0 Å². The molecule has 2 heterocycles. The predicted octanol–water partition coefficient (Wildman–Crippen LogP) is 3.13. The number of tetrazole rings is 1. The van der Waals surface area contributed by atoms with E-state index < -0.39 is 0 Å². The molecule has 1 aromatic heterocycles. The molecule has 0 aliphatic carbocycles. The summed E-state index contributed by atoms with van der Waals surface area (Å²) in [5.41, 5.74) is 2.20. The van der Waals surface area contributed by atoms with Crippen LogP contribution in [-0.2, 0) is 4.79 Å². The number of benzene rings is 2. The molecule has 0 spiro atoms. The number of halogens is 1. The van der Waals surface area contributed by atoms with Crippen LogP contribution in [0, 0.1) is 0 Å². The molecule has 1 N–H and O–H groups in total. The molecule has 0 saturated heterocycles. The maximum Gasteiger partial charge on any atom is 0.248 e. The van der Waals surface area contributed by atoms with E-state index in [1.807, 2.05) is 0 Å². The Morgan fingerprint density at radius 1 is 1.18 bits per heavy atom. The molecule has 0 unspecified atom stereocenters. The smallest absolute Gasteiger partial charge is 0.248 e. The first-order valence-corrected chi connectivity index (χ1v) is 8.98. The summed E-state index contributed by atoms with van der Waals surface area (Å²) in [7, 11) is 0. The van der Waals surface area contributed by atoms with E-state index in [1.54, 1.807) is 42.5 Å². The zero-order chi connectivity index (χ0) is 19.3. The van der Waals surface area contributed by atoms with Crippen LogP contribution in [0.15, 0.2) is 48.8 Å². The first-order valence-electron chi connectivity index (χ1n) is 8.61. The molecule has 1 aliphatic rings. The molecule has 142 valence electrons. The fraction of sp³-hybridized carbons (Fsp3) is 0.158. The summed E-state index contributed by atoms with van der Waals surface area (Å²) in [5.74, 6) is 0.866. The molecule has 28 heavy (non-hydrogen) atoms. The first kappa shape index (κ1) is 18.0. The molecule has 0 radical (unpaired) electrons. The van der Waals surface area contributed by atoms with E-state index in [2.05, 4.69) is 20.8 Å². The minimum Gasteiger partial charge on any atom is -0.489 e. The quantitative estimate of drug-likeness (QED) is 0.680. The Morgan fingerprint density at radius 2 is 2.00 bits per heavy atom. The Hall–Kier alpha value is -3.39. The van der Waals surface area contributed by atoms with Crippen molar-refractivity contribution in [2.75, 3.05) is 18.5 Å². The molecule has 9 heteroatoms. The largest absolute Gasteiger partial charge is 0.489 e. The van der Waals surface area contributed by atoms with Gasteiger partial charge in [-0.2, -0.15) is 0 Å². The molecule has 1 aliphatic heterocycles. The highest BCUT2D eigenvalue weighted by Crippen LogP contribution is 2.38. The molecular formula is C19H16ClN5O3. The van der Waals surface area contributed by atoms with Crippen LogP contribution < -0.4 is 14.8 Å². The summed E-state index contributed by atoms with van der Waals surface area (Å²) in [5, 5.41) is 14.2. The lowest BCUT2D eigenvalue weighted by atomic mass is 10.2. The average molecular weight is 398 g/mol. The normalized spacial score (nSPS) is 13.3. The van der Waals surface area contributed by atoms with E-state index >= 15 is 0 Å². The van der Waals surface area contributed by atoms with Gasteiger partial charge in [-0.3, -0.25) is 4.79 Å². The molecular weight excluding hydrogens is 382 g/mol. The highest BCUT2D eigenvalue weighted by atomic mass is 35.5. The van der Waals surface area contributed by atoms with E-state index in [1.165, 1.54) is 17.1 Å². The molecule has 1 amide bonds. The lowest BCUT2D eigenvalue weighted by molar-refractivity contribution is -0.111. The van der Waals surface area contributed by atoms with Crippen LogP contribution >= 0.6 is 11.6 Å². The lowest BCUT2D eigenvalue weighted by Crippen LogP contribution is -2.07. The third-order valence-electron chi connectivity index (χ3n) is 4.00. The zero-order valence-electron chi connectivity index (χ0n) is 14.7. The van der Waals surface area contributed by atoms with Crippen LogP contribution in [0.3, 0.4) is 0 Å². The van der Waals surface area contributed by atoms with Gasteiger partial charge in [0.15, 0.2) is 11.5 Å². The summed E-state index contributed by atoms with van der Waals surface area (Å²) in [6.07, 6.45) is 5.40. The van der Waals surface area contributed by atoms with Crippen LogP contribution in [-0.4, -0.2) is 39.3 Å². The molecule has 4 rings (SSSR count). The second-order valence-corrected chi connectivity index (χ2v) is 6.41. The number of aromatic nitrogens is 4. The number of nitrogens with one attached hydrogen (secondary N) is 1. The number of amides is 1. The third-order valence-corrected chi connectivity index (χ3v) is 4.28. The van der Waals surface area contributed by atoms with Crippen molar-refractivity contribution in [3.63, 3.8) is 0 Å². The van der Waals surface area contributed by atoms with Crippen LogP contribution in [0.1, 0.15) is 12.0 Å². The first-order chi connectivity index (χ1) is 13.7. The Balaban J connectivity index is 1.43. The van der Waals surface area contributed by atoms with Crippen molar-refractivity contribution < 1.29 is 14.3 Å². The number of nitrogens with zero attached hydrogens (tertiary/aromatic N) is 4. The minimum atomic E-state index is -0.265. The number of anilines is 1. The number of fused-ring (bicyclic) bond motifs is 1. The van der Waals surface area contributed by atoms with E-state index in [-0.39, 0.29) is 5.91 Å². The van der Waals surface area contributed by atoms with Crippen molar-refractivity contribution in [1.82, 2.24) is 20.2 Å². The maximum absolute atomic E-state index is 12.2. The van der Waals surface area contributed by atoms with E-state index in [0.717, 1.165) is 17.7 Å². The average Bonchev–Trinajstić information content (AvgIpc) is 3.12. The molecule has 3 aromatic rings. The summed E-state index contributed by atoms with van der Waals surface area (Å²) in [6, 6.07) is 10.7. The Labute approximate surface area is 165 Å². The molecule has 0 saturated carbocycles. The number of rotatable bonds is 4. The van der Waals surface area contributed by atoms with Gasteiger partial charge in [0.2, 0.25) is 5.91 Å². The second-order valence-electron chi connectivity index (χ2n) is 6.00. The van der Waals surface area contributed by atoms with Gasteiger partial charge >= 0.3 is 0 Å². The Kier molecular flexibility index (Phi) is 5.20. The van der Waals surface area contributed by atoms with Crippen molar-refractivity contribution in [2.45, 2.75) is 6.42 Å². The SMILES string of the molecule is O=C(C=Cc1cc(Cl)c2c(c1)OCCCO2)Nc1ccc(-n2cnnn2)cc1. The van der Waals surface area contributed by atoms with Crippen molar-refractivity contribution in [2.24, 2.45) is 0 Å². The predicted molar refractivity (Wildman–Crippen MR) is 104 cm³/mol. The van der Waals surface area contributed by atoms with Crippen molar-refractivity contribution in [3.8, 4) is 17.2 Å². The highest BCUT2D eigenvalue weighted by molar-refractivity contribution is 6.32. The van der Waals surface area contributed by atoms with Crippen molar-refractivity contribution in [1.29, 1.82) is 0 Å². The van der Waals surface area contributed by atoms with Gasteiger partial charge in [-0.1, -0.05) is 11.6 Å². The zero-order valence-corrected chi connectivity index (χ0v) is 15.5. The number of carbonyl (C=O) groups excluding carboxylic acids is 1. The van der Waals surface area contributed by atoms with Gasteiger partial charge in [0.1, 0.15) is 6.33 Å². The highest BCUT2D eigenvalue weighted by Gasteiger charge is 2.15. The van der Waals surface area contributed by atoms with Gasteiger partial charge in [0.05, 0.1) is 23.9 Å². The van der Waals surface area contributed by atoms with Crippen LogP contribution in [0.25, 0.3) is 11.8 Å². The number of hydrogen-bond acceptors (Lipinski definition) is 6. The fourth-order valence-electron chi connectivity index (χ4n) is 2.68. The lowest BCUT2D eigenvalue weighted by Gasteiger charge is -2.10. The Morgan fingerprint density at radius 3 is 2.79 bits per heavy atom. The summed E-state index contributed by atoms with van der Waals surface area (Å²) in [4.78, 5) is 12.2. The summed E-state index contributed by atoms with van der Waals surface area (Å²) in [6.45, 7) is 1.13. The van der Waals surface area contributed by atoms with Crippen LogP contribution in [0.5, 0.6) is 11.5 Å². The van der Waals surface area contributed by atoms with Gasteiger partial charge in [-0.15, -0.1) is 5.10 Å². The Bertz CT molecular complexity index is 1000.